The standard InChI is InChI=1S/C15H18N6O6S/c1-4-27-15-19-12(16-3)17-13(20-15)18-14(24)21-28(25,26)10-8(2)6-5-7-9(10)11(22)23/h5-7H,4H2,1-3H3,(H,22,23)(H3,16,17,18,19,20,21,24). The number of urea groups is 1. The third kappa shape index (κ3) is 4.82. The molecule has 2 rings (SSSR count). The molecular formula is C15H18N6O6S. The predicted molar refractivity (Wildman–Crippen MR) is 98.0 cm³/mol. The van der Waals surface area contributed by atoms with Gasteiger partial charge in [0, 0.05) is 7.05 Å². The molecule has 0 aliphatic heterocycles. The number of sulfonamides is 1. The van der Waals surface area contributed by atoms with Crippen LogP contribution in [0.4, 0.5) is 16.7 Å². The summed E-state index contributed by atoms with van der Waals surface area (Å²) in [7, 11) is -2.95. The zero-order chi connectivity index (χ0) is 20.9. The summed E-state index contributed by atoms with van der Waals surface area (Å²) in [4.78, 5) is 34.6. The van der Waals surface area contributed by atoms with Crippen LogP contribution in [0.3, 0.4) is 0 Å². The summed E-state index contributed by atoms with van der Waals surface area (Å²) in [5.74, 6) is -1.62. The van der Waals surface area contributed by atoms with Crippen molar-refractivity contribution in [3.63, 3.8) is 0 Å². The van der Waals surface area contributed by atoms with Gasteiger partial charge in [-0.05, 0) is 25.5 Å². The Kier molecular flexibility index (Phi) is 6.30. The third-order valence-corrected chi connectivity index (χ3v) is 4.81. The number of aromatic carboxylic acids is 1. The Morgan fingerprint density at radius 2 is 1.86 bits per heavy atom. The highest BCUT2D eigenvalue weighted by Gasteiger charge is 2.26. The highest BCUT2D eigenvalue weighted by atomic mass is 32.2. The number of nitrogens with zero attached hydrogens (tertiary/aromatic N) is 3. The molecule has 1 heterocycles. The summed E-state index contributed by atoms with van der Waals surface area (Å²) in [6, 6.07) is 2.68. The second kappa shape index (κ2) is 8.47. The van der Waals surface area contributed by atoms with E-state index in [-0.39, 0.29) is 30.1 Å². The quantitative estimate of drug-likeness (QED) is 0.512. The minimum atomic E-state index is -4.48. The maximum Gasteiger partial charge on any atom is 0.337 e. The number of rotatable bonds is 7. The van der Waals surface area contributed by atoms with Crippen LogP contribution in [0.25, 0.3) is 0 Å². The number of carboxylic acid groups (broad SMARTS) is 1. The normalized spacial score (nSPS) is 10.8. The number of ether oxygens (including phenoxy) is 1. The van der Waals surface area contributed by atoms with Crippen LogP contribution in [0.2, 0.25) is 0 Å². The molecule has 0 saturated carbocycles. The average molecular weight is 410 g/mol. The minimum Gasteiger partial charge on any atom is -0.478 e. The van der Waals surface area contributed by atoms with Crippen molar-refractivity contribution in [2.75, 3.05) is 24.3 Å². The van der Waals surface area contributed by atoms with Crippen molar-refractivity contribution in [2.45, 2.75) is 18.7 Å². The van der Waals surface area contributed by atoms with Crippen molar-refractivity contribution in [3.05, 3.63) is 29.3 Å². The van der Waals surface area contributed by atoms with Gasteiger partial charge < -0.3 is 15.2 Å². The molecule has 0 radical (unpaired) electrons. The number of carbonyl (C=O) groups is 2. The van der Waals surface area contributed by atoms with E-state index in [4.69, 9.17) is 4.74 Å². The van der Waals surface area contributed by atoms with Crippen molar-refractivity contribution >= 4 is 33.9 Å². The van der Waals surface area contributed by atoms with Crippen LogP contribution in [-0.2, 0) is 10.0 Å². The van der Waals surface area contributed by atoms with Gasteiger partial charge in [0.15, 0.2) is 0 Å². The second-order valence-corrected chi connectivity index (χ2v) is 6.88. The minimum absolute atomic E-state index is 0.0768. The summed E-state index contributed by atoms with van der Waals surface area (Å²) in [6.07, 6.45) is 0. The fourth-order valence-corrected chi connectivity index (χ4v) is 3.53. The molecule has 0 fully saturated rings. The lowest BCUT2D eigenvalue weighted by atomic mass is 10.1. The number of amides is 2. The van der Waals surface area contributed by atoms with E-state index in [0.29, 0.717) is 0 Å². The first-order valence-electron chi connectivity index (χ1n) is 7.91. The van der Waals surface area contributed by atoms with E-state index >= 15 is 0 Å². The number of hydrogen-bond acceptors (Lipinski definition) is 9. The van der Waals surface area contributed by atoms with Crippen LogP contribution in [0, 0.1) is 6.92 Å². The van der Waals surface area contributed by atoms with Gasteiger partial charge >= 0.3 is 18.0 Å². The molecule has 0 saturated heterocycles. The first-order chi connectivity index (χ1) is 13.2. The highest BCUT2D eigenvalue weighted by Crippen LogP contribution is 2.20. The number of aromatic nitrogens is 3. The fraction of sp³-hybridized carbons (Fsp3) is 0.267. The summed E-state index contributed by atoms with van der Waals surface area (Å²) in [5.41, 5.74) is -0.298. The molecule has 0 spiro atoms. The molecule has 0 unspecified atom stereocenters. The van der Waals surface area contributed by atoms with Gasteiger partial charge in [0.25, 0.3) is 10.0 Å². The third-order valence-electron chi connectivity index (χ3n) is 3.28. The summed E-state index contributed by atoms with van der Waals surface area (Å²) in [5, 5.41) is 14.0. The van der Waals surface area contributed by atoms with Gasteiger partial charge in [-0.2, -0.15) is 15.0 Å². The van der Waals surface area contributed by atoms with E-state index in [1.165, 1.54) is 26.1 Å². The monoisotopic (exact) mass is 410 g/mol. The van der Waals surface area contributed by atoms with Gasteiger partial charge in [0.1, 0.15) is 4.90 Å². The van der Waals surface area contributed by atoms with Gasteiger partial charge in [-0.1, -0.05) is 12.1 Å². The number of aryl methyl sites for hydroxylation is 1. The number of anilines is 2. The Morgan fingerprint density at radius 3 is 2.46 bits per heavy atom. The van der Waals surface area contributed by atoms with Gasteiger partial charge in [-0.15, -0.1) is 0 Å². The zero-order valence-electron chi connectivity index (χ0n) is 15.2. The highest BCUT2D eigenvalue weighted by molar-refractivity contribution is 7.90. The molecule has 0 aliphatic carbocycles. The Hall–Kier alpha value is -3.48. The Balaban J connectivity index is 2.28. The van der Waals surface area contributed by atoms with Crippen LogP contribution in [0.15, 0.2) is 23.1 Å². The second-order valence-electron chi connectivity index (χ2n) is 5.26. The van der Waals surface area contributed by atoms with Gasteiger partial charge in [0.05, 0.1) is 12.2 Å². The number of benzene rings is 1. The molecule has 0 bridgehead atoms. The molecule has 2 amide bonds. The van der Waals surface area contributed by atoms with E-state index in [1.807, 2.05) is 0 Å². The Labute approximate surface area is 160 Å². The maximum atomic E-state index is 12.5. The van der Waals surface area contributed by atoms with Crippen LogP contribution in [-0.4, -0.2) is 54.1 Å². The number of hydrogen-bond donors (Lipinski definition) is 4. The molecule has 12 nitrogen and oxygen atoms in total. The Bertz CT molecular complexity index is 1010. The van der Waals surface area contributed by atoms with Crippen LogP contribution >= 0.6 is 0 Å². The van der Waals surface area contributed by atoms with E-state index in [9.17, 15) is 23.1 Å². The van der Waals surface area contributed by atoms with Crippen molar-refractivity contribution in [2.24, 2.45) is 0 Å². The molecule has 4 N–H and O–H groups in total. The number of nitrogens with one attached hydrogen (secondary N) is 3. The molecule has 1 aromatic heterocycles. The van der Waals surface area contributed by atoms with Crippen molar-refractivity contribution in [1.29, 1.82) is 0 Å². The lowest BCUT2D eigenvalue weighted by Crippen LogP contribution is -2.36. The molecular weight excluding hydrogens is 392 g/mol. The summed E-state index contributed by atoms with van der Waals surface area (Å²) < 4.78 is 32.0. The maximum absolute atomic E-state index is 12.5. The molecule has 13 heteroatoms. The van der Waals surface area contributed by atoms with E-state index in [2.05, 4.69) is 25.6 Å². The largest absolute Gasteiger partial charge is 0.478 e. The molecule has 0 atom stereocenters. The Morgan fingerprint density at radius 1 is 1.18 bits per heavy atom. The first kappa shape index (κ1) is 20.8. The van der Waals surface area contributed by atoms with Gasteiger partial charge in [-0.3, -0.25) is 5.32 Å². The summed E-state index contributed by atoms with van der Waals surface area (Å²) >= 11 is 0. The fourth-order valence-electron chi connectivity index (χ4n) is 2.20. The van der Waals surface area contributed by atoms with Crippen molar-refractivity contribution < 1.29 is 27.9 Å². The van der Waals surface area contributed by atoms with Crippen LogP contribution < -0.4 is 20.1 Å². The molecule has 150 valence electrons. The predicted octanol–water partition coefficient (Wildman–Crippen LogP) is 0.829. The lowest BCUT2D eigenvalue weighted by molar-refractivity contribution is 0.0692. The topological polar surface area (TPSA) is 172 Å². The van der Waals surface area contributed by atoms with Gasteiger partial charge in [-0.25, -0.2) is 22.7 Å². The van der Waals surface area contributed by atoms with Crippen molar-refractivity contribution in [1.82, 2.24) is 19.7 Å². The van der Waals surface area contributed by atoms with Crippen molar-refractivity contribution in [3.8, 4) is 6.01 Å². The molecule has 1 aromatic carbocycles. The van der Waals surface area contributed by atoms with E-state index in [1.54, 1.807) is 11.6 Å². The lowest BCUT2D eigenvalue weighted by Gasteiger charge is -2.12. The molecule has 28 heavy (non-hydrogen) atoms. The SMILES string of the molecule is CCOc1nc(NC)nc(NC(=O)NS(=O)(=O)c2c(C)cccc2C(=O)O)n1. The number of carboxylic acids is 1. The first-order valence-corrected chi connectivity index (χ1v) is 9.39. The zero-order valence-corrected chi connectivity index (χ0v) is 16.0. The molecule has 0 aliphatic rings. The van der Waals surface area contributed by atoms with E-state index in [0.717, 1.165) is 6.07 Å². The average Bonchev–Trinajstić information content (AvgIpc) is 2.60. The summed E-state index contributed by atoms with van der Waals surface area (Å²) in [6.45, 7) is 3.38. The smallest absolute Gasteiger partial charge is 0.337 e. The van der Waals surface area contributed by atoms with Gasteiger partial charge in [0.2, 0.25) is 11.9 Å². The van der Waals surface area contributed by atoms with Crippen LogP contribution in [0.1, 0.15) is 22.8 Å². The molecule has 2 aromatic rings. The number of carbonyl (C=O) groups excluding carboxylic acids is 1. The van der Waals surface area contributed by atoms with Crippen LogP contribution in [0.5, 0.6) is 6.01 Å². The van der Waals surface area contributed by atoms with E-state index < -0.39 is 32.5 Å².